The summed E-state index contributed by atoms with van der Waals surface area (Å²) in [6.07, 6.45) is 5.49. The fourth-order valence-electron chi connectivity index (χ4n) is 4.39. The zero-order valence-corrected chi connectivity index (χ0v) is 17.0. The SMILES string of the molecule is CN1CCC(C(=O)Nc2cccc(F)n2)N1C(=O)C(CC1CCCC1)CN(O)C=O. The number of hydrogen-bond acceptors (Lipinski definition) is 6. The molecule has 1 aromatic heterocycles. The van der Waals surface area contributed by atoms with Crippen LogP contribution >= 0.6 is 0 Å². The first kappa shape index (κ1) is 22.1. The Labute approximate surface area is 174 Å². The summed E-state index contributed by atoms with van der Waals surface area (Å²) >= 11 is 0. The number of aromatic nitrogens is 1. The molecule has 2 N–H and O–H groups in total. The van der Waals surface area contributed by atoms with E-state index in [0.29, 0.717) is 30.4 Å². The summed E-state index contributed by atoms with van der Waals surface area (Å²) in [7, 11) is 1.72. The van der Waals surface area contributed by atoms with E-state index in [-0.39, 0.29) is 24.7 Å². The Hall–Kier alpha value is -2.59. The van der Waals surface area contributed by atoms with Crippen molar-refractivity contribution in [1.29, 1.82) is 0 Å². The first-order valence-corrected chi connectivity index (χ1v) is 10.3. The highest BCUT2D eigenvalue weighted by Crippen LogP contribution is 2.32. The fraction of sp³-hybridized carbons (Fsp3) is 0.600. The molecular weight excluding hydrogens is 393 g/mol. The third-order valence-corrected chi connectivity index (χ3v) is 5.85. The van der Waals surface area contributed by atoms with Gasteiger partial charge < -0.3 is 5.32 Å². The molecule has 164 valence electrons. The summed E-state index contributed by atoms with van der Waals surface area (Å²) < 4.78 is 13.3. The Kier molecular flexibility index (Phi) is 7.33. The normalized spacial score (nSPS) is 20.9. The number of hydroxylamine groups is 2. The molecular formula is C20H28FN5O4. The van der Waals surface area contributed by atoms with Crippen LogP contribution in [0.4, 0.5) is 10.2 Å². The van der Waals surface area contributed by atoms with Crippen molar-refractivity contribution in [3.05, 3.63) is 24.1 Å². The highest BCUT2D eigenvalue weighted by molar-refractivity contribution is 5.97. The summed E-state index contributed by atoms with van der Waals surface area (Å²) in [4.78, 5) is 40.8. The van der Waals surface area contributed by atoms with Crippen LogP contribution in [0.3, 0.4) is 0 Å². The van der Waals surface area contributed by atoms with Crippen LogP contribution in [0.25, 0.3) is 0 Å². The Morgan fingerprint density at radius 1 is 1.37 bits per heavy atom. The van der Waals surface area contributed by atoms with Crippen LogP contribution in [0, 0.1) is 17.8 Å². The van der Waals surface area contributed by atoms with Gasteiger partial charge in [0.25, 0.3) is 0 Å². The summed E-state index contributed by atoms with van der Waals surface area (Å²) in [5.74, 6) is -1.66. The van der Waals surface area contributed by atoms with Gasteiger partial charge in [0, 0.05) is 13.6 Å². The summed E-state index contributed by atoms with van der Waals surface area (Å²) in [6, 6.07) is 3.31. The molecule has 0 spiro atoms. The Bertz CT molecular complexity index is 773. The maximum Gasteiger partial charge on any atom is 0.250 e. The van der Waals surface area contributed by atoms with E-state index in [1.165, 1.54) is 23.2 Å². The summed E-state index contributed by atoms with van der Waals surface area (Å²) in [5.41, 5.74) is 0. The first-order chi connectivity index (χ1) is 14.4. The lowest BCUT2D eigenvalue weighted by molar-refractivity contribution is -0.164. The zero-order chi connectivity index (χ0) is 21.7. The summed E-state index contributed by atoms with van der Waals surface area (Å²) in [6.45, 7) is 0.371. The second kappa shape index (κ2) is 9.94. The molecule has 0 radical (unpaired) electrons. The van der Waals surface area contributed by atoms with Crippen LogP contribution in [-0.2, 0) is 14.4 Å². The molecule has 2 atom stereocenters. The minimum atomic E-state index is -0.776. The Morgan fingerprint density at radius 3 is 2.77 bits per heavy atom. The van der Waals surface area contributed by atoms with Gasteiger partial charge in [-0.2, -0.15) is 4.39 Å². The van der Waals surface area contributed by atoms with Gasteiger partial charge in [-0.15, -0.1) is 0 Å². The van der Waals surface area contributed by atoms with E-state index in [0.717, 1.165) is 25.7 Å². The Morgan fingerprint density at radius 2 is 2.10 bits per heavy atom. The number of halogens is 1. The number of carbonyl (C=O) groups excluding carboxylic acids is 3. The van der Waals surface area contributed by atoms with Gasteiger partial charge in [0.1, 0.15) is 11.9 Å². The van der Waals surface area contributed by atoms with Crippen molar-refractivity contribution in [2.24, 2.45) is 11.8 Å². The average molecular weight is 421 g/mol. The van der Waals surface area contributed by atoms with Gasteiger partial charge in [-0.3, -0.25) is 24.6 Å². The van der Waals surface area contributed by atoms with Crippen molar-refractivity contribution in [3.63, 3.8) is 0 Å². The molecule has 2 unspecified atom stereocenters. The van der Waals surface area contributed by atoms with Crippen LogP contribution in [0.2, 0.25) is 0 Å². The van der Waals surface area contributed by atoms with Crippen LogP contribution in [0.15, 0.2) is 18.2 Å². The predicted octanol–water partition coefficient (Wildman–Crippen LogP) is 1.65. The third kappa shape index (κ3) is 5.31. The van der Waals surface area contributed by atoms with Crippen molar-refractivity contribution in [1.82, 2.24) is 20.1 Å². The lowest BCUT2D eigenvalue weighted by Crippen LogP contribution is -2.52. The average Bonchev–Trinajstić information content (AvgIpc) is 3.36. The highest BCUT2D eigenvalue weighted by atomic mass is 19.1. The fourth-order valence-corrected chi connectivity index (χ4v) is 4.39. The molecule has 1 aliphatic carbocycles. The molecule has 3 rings (SSSR count). The number of hydrazine groups is 1. The van der Waals surface area contributed by atoms with Gasteiger partial charge in [0.2, 0.25) is 24.2 Å². The van der Waals surface area contributed by atoms with Crippen LogP contribution in [-0.4, -0.2) is 69.7 Å². The van der Waals surface area contributed by atoms with E-state index in [4.69, 9.17) is 0 Å². The molecule has 2 aliphatic rings. The number of amides is 3. The Balaban J connectivity index is 1.74. The van der Waals surface area contributed by atoms with Crippen LogP contribution in [0.1, 0.15) is 38.5 Å². The first-order valence-electron chi connectivity index (χ1n) is 10.3. The predicted molar refractivity (Wildman–Crippen MR) is 105 cm³/mol. The molecule has 1 aliphatic heterocycles. The van der Waals surface area contributed by atoms with E-state index in [1.807, 2.05) is 0 Å². The molecule has 10 heteroatoms. The highest BCUT2D eigenvalue weighted by Gasteiger charge is 2.41. The van der Waals surface area contributed by atoms with Gasteiger partial charge in [-0.05, 0) is 30.9 Å². The standard InChI is InChI=1S/C20H28FN5O4/c1-24-10-9-16(19(28)23-18-8-4-7-17(21)22-18)26(24)20(29)15(12-25(30)13-27)11-14-5-2-3-6-14/h4,7-8,13-16,30H,2-3,5-6,9-12H2,1H3,(H,22,23,28). The van der Waals surface area contributed by atoms with Gasteiger partial charge >= 0.3 is 0 Å². The topological polar surface area (TPSA) is 106 Å². The smallest absolute Gasteiger partial charge is 0.250 e. The monoisotopic (exact) mass is 421 g/mol. The number of nitrogens with zero attached hydrogens (tertiary/aromatic N) is 4. The number of pyridine rings is 1. The van der Waals surface area contributed by atoms with Crippen LogP contribution in [0.5, 0.6) is 0 Å². The van der Waals surface area contributed by atoms with Crippen LogP contribution < -0.4 is 5.32 Å². The number of rotatable bonds is 8. The molecule has 1 saturated carbocycles. The quantitative estimate of drug-likeness (QED) is 0.286. The van der Waals surface area contributed by atoms with Gasteiger partial charge in [0.15, 0.2) is 0 Å². The van der Waals surface area contributed by atoms with Crippen molar-refractivity contribution in [2.75, 3.05) is 25.5 Å². The van der Waals surface area contributed by atoms with Crippen molar-refractivity contribution >= 4 is 24.0 Å². The van der Waals surface area contributed by atoms with Gasteiger partial charge in [-0.1, -0.05) is 31.7 Å². The second-order valence-corrected chi connectivity index (χ2v) is 8.01. The van der Waals surface area contributed by atoms with E-state index < -0.39 is 23.8 Å². The lowest BCUT2D eigenvalue weighted by Gasteiger charge is -2.33. The van der Waals surface area contributed by atoms with Crippen molar-refractivity contribution in [3.8, 4) is 0 Å². The van der Waals surface area contributed by atoms with Gasteiger partial charge in [-0.25, -0.2) is 15.1 Å². The molecule has 3 amide bonds. The summed E-state index contributed by atoms with van der Waals surface area (Å²) in [5, 5.41) is 15.8. The molecule has 9 nitrogen and oxygen atoms in total. The van der Waals surface area contributed by atoms with Crippen molar-refractivity contribution in [2.45, 2.75) is 44.6 Å². The number of nitrogens with one attached hydrogen (secondary N) is 1. The van der Waals surface area contributed by atoms with E-state index in [9.17, 15) is 24.0 Å². The minimum Gasteiger partial charge on any atom is -0.309 e. The molecule has 1 aromatic rings. The number of carbonyl (C=O) groups is 3. The van der Waals surface area contributed by atoms with E-state index in [2.05, 4.69) is 10.3 Å². The molecule has 1 saturated heterocycles. The maximum absolute atomic E-state index is 13.4. The van der Waals surface area contributed by atoms with E-state index >= 15 is 0 Å². The minimum absolute atomic E-state index is 0.0759. The second-order valence-electron chi connectivity index (χ2n) is 8.01. The third-order valence-electron chi connectivity index (χ3n) is 5.85. The number of anilines is 1. The largest absolute Gasteiger partial charge is 0.309 e. The lowest BCUT2D eigenvalue weighted by atomic mass is 9.92. The molecule has 2 heterocycles. The molecule has 2 fully saturated rings. The zero-order valence-electron chi connectivity index (χ0n) is 17.0. The number of hydrogen-bond donors (Lipinski definition) is 2. The van der Waals surface area contributed by atoms with E-state index in [1.54, 1.807) is 12.1 Å². The van der Waals surface area contributed by atoms with Gasteiger partial charge in [0.05, 0.1) is 12.5 Å². The molecule has 30 heavy (non-hydrogen) atoms. The molecule has 0 bridgehead atoms. The molecule has 0 aromatic carbocycles. The maximum atomic E-state index is 13.4. The van der Waals surface area contributed by atoms with Crippen molar-refractivity contribution < 1.29 is 24.0 Å².